The fraction of sp³-hybridized carbons (Fsp3) is 0.500. The lowest BCUT2D eigenvalue weighted by Gasteiger charge is -1.98. The van der Waals surface area contributed by atoms with Crippen molar-refractivity contribution in [2.75, 3.05) is 0 Å². The van der Waals surface area contributed by atoms with Crippen LogP contribution >= 0.6 is 11.3 Å². The third kappa shape index (κ3) is 3.35. The average molecular weight is 194 g/mol. The summed E-state index contributed by atoms with van der Waals surface area (Å²) in [6.45, 7) is 6.55. The van der Waals surface area contributed by atoms with E-state index in [9.17, 15) is 0 Å². The second kappa shape index (κ2) is 5.23. The van der Waals surface area contributed by atoms with Crippen molar-refractivity contribution in [3.05, 3.63) is 27.5 Å². The molecular weight excluding hydrogens is 176 g/mol. The van der Waals surface area contributed by atoms with Gasteiger partial charge in [0.15, 0.2) is 0 Å². The summed E-state index contributed by atoms with van der Waals surface area (Å²) in [7, 11) is 0. The van der Waals surface area contributed by atoms with E-state index < -0.39 is 0 Å². The highest BCUT2D eigenvalue weighted by Crippen LogP contribution is 2.21. The molecule has 0 aliphatic rings. The van der Waals surface area contributed by atoms with Crippen molar-refractivity contribution in [3.63, 3.8) is 0 Å². The van der Waals surface area contributed by atoms with E-state index in [1.165, 1.54) is 30.4 Å². The highest BCUT2D eigenvalue weighted by atomic mass is 32.1. The van der Waals surface area contributed by atoms with Gasteiger partial charge in [-0.3, -0.25) is 0 Å². The minimum absolute atomic E-state index is 1.24. The molecule has 0 atom stereocenters. The molecule has 0 saturated carbocycles. The summed E-state index contributed by atoms with van der Waals surface area (Å²) in [6.07, 6.45) is 6.12. The first-order valence-electron chi connectivity index (χ1n) is 4.95. The minimum atomic E-state index is 1.24. The molecule has 1 aromatic heterocycles. The molecule has 1 heterocycles. The summed E-state index contributed by atoms with van der Waals surface area (Å²) in [5, 5.41) is 2.19. The highest BCUT2D eigenvalue weighted by Gasteiger charge is 2.00. The number of unbranched alkanes of at least 4 members (excludes halogenated alkanes) is 1. The average Bonchev–Trinajstić information content (AvgIpc) is 2.48. The van der Waals surface area contributed by atoms with E-state index in [-0.39, 0.29) is 0 Å². The van der Waals surface area contributed by atoms with Crippen molar-refractivity contribution in [1.29, 1.82) is 0 Å². The van der Waals surface area contributed by atoms with Crippen LogP contribution in [-0.2, 0) is 6.42 Å². The highest BCUT2D eigenvalue weighted by molar-refractivity contribution is 7.10. The quantitative estimate of drug-likeness (QED) is 0.661. The number of hydrogen-bond donors (Lipinski definition) is 0. The first-order valence-corrected chi connectivity index (χ1v) is 5.83. The maximum atomic E-state index is 2.28. The number of aryl methyl sites for hydroxylation is 1. The van der Waals surface area contributed by atoms with Crippen molar-refractivity contribution in [1.82, 2.24) is 0 Å². The van der Waals surface area contributed by atoms with Crippen LogP contribution in [0.3, 0.4) is 0 Å². The Morgan fingerprint density at radius 3 is 2.85 bits per heavy atom. The third-order valence-electron chi connectivity index (χ3n) is 1.98. The van der Waals surface area contributed by atoms with Crippen LogP contribution < -0.4 is 0 Å². The molecule has 0 spiro atoms. The van der Waals surface area contributed by atoms with Crippen molar-refractivity contribution in [2.45, 2.75) is 40.0 Å². The molecule has 72 valence electrons. The molecule has 0 unspecified atom stereocenters. The van der Waals surface area contributed by atoms with Gasteiger partial charge in [-0.15, -0.1) is 11.3 Å². The second-order valence-electron chi connectivity index (χ2n) is 3.62. The SMILES string of the molecule is CCCCc1sccc1C=C(C)C. The standard InChI is InChI=1S/C12H18S/c1-4-5-6-12-11(7-8-13-12)9-10(2)3/h7-9H,4-6H2,1-3H3. The van der Waals surface area contributed by atoms with Gasteiger partial charge in [-0.05, 0) is 43.7 Å². The lowest BCUT2D eigenvalue weighted by molar-refractivity contribution is 0.803. The summed E-state index contributed by atoms with van der Waals surface area (Å²) in [6, 6.07) is 2.22. The van der Waals surface area contributed by atoms with Crippen LogP contribution in [0.5, 0.6) is 0 Å². The molecule has 0 saturated heterocycles. The summed E-state index contributed by atoms with van der Waals surface area (Å²) in [4.78, 5) is 1.54. The Bertz CT molecular complexity index is 277. The van der Waals surface area contributed by atoms with Gasteiger partial charge in [0.05, 0.1) is 0 Å². The van der Waals surface area contributed by atoms with Crippen molar-refractivity contribution >= 4 is 17.4 Å². The van der Waals surface area contributed by atoms with Crippen LogP contribution in [-0.4, -0.2) is 0 Å². The fourth-order valence-electron chi connectivity index (χ4n) is 1.33. The molecular formula is C12H18S. The fourth-order valence-corrected chi connectivity index (χ4v) is 2.23. The minimum Gasteiger partial charge on any atom is -0.148 e. The Morgan fingerprint density at radius 1 is 1.46 bits per heavy atom. The molecule has 0 nitrogen and oxygen atoms in total. The zero-order chi connectivity index (χ0) is 9.68. The predicted octanol–water partition coefficient (Wildman–Crippen LogP) is 4.51. The normalized spacial score (nSPS) is 10.1. The molecule has 0 aromatic carbocycles. The van der Waals surface area contributed by atoms with Gasteiger partial charge in [-0.25, -0.2) is 0 Å². The summed E-state index contributed by atoms with van der Waals surface area (Å²) < 4.78 is 0. The Labute approximate surface area is 85.3 Å². The first kappa shape index (κ1) is 10.5. The van der Waals surface area contributed by atoms with Crippen LogP contribution in [0.25, 0.3) is 6.08 Å². The summed E-state index contributed by atoms with van der Waals surface area (Å²) >= 11 is 1.89. The van der Waals surface area contributed by atoms with Crippen LogP contribution in [0.4, 0.5) is 0 Å². The maximum absolute atomic E-state index is 2.28. The largest absolute Gasteiger partial charge is 0.148 e. The van der Waals surface area contributed by atoms with Gasteiger partial charge in [0.25, 0.3) is 0 Å². The third-order valence-corrected chi connectivity index (χ3v) is 2.98. The van der Waals surface area contributed by atoms with Crippen LogP contribution in [0, 0.1) is 0 Å². The van der Waals surface area contributed by atoms with Gasteiger partial charge in [0, 0.05) is 4.88 Å². The Kier molecular flexibility index (Phi) is 4.23. The molecule has 0 aliphatic carbocycles. The Balaban J connectivity index is 2.71. The van der Waals surface area contributed by atoms with Gasteiger partial charge >= 0.3 is 0 Å². The van der Waals surface area contributed by atoms with Gasteiger partial charge in [0.2, 0.25) is 0 Å². The lowest BCUT2D eigenvalue weighted by atomic mass is 10.1. The van der Waals surface area contributed by atoms with Crippen molar-refractivity contribution in [2.24, 2.45) is 0 Å². The van der Waals surface area contributed by atoms with Gasteiger partial charge in [0.1, 0.15) is 0 Å². The molecule has 13 heavy (non-hydrogen) atoms. The maximum Gasteiger partial charge on any atom is 0.0117 e. The zero-order valence-corrected chi connectivity index (χ0v) is 9.58. The summed E-state index contributed by atoms with van der Waals surface area (Å²) in [5.41, 5.74) is 2.81. The lowest BCUT2D eigenvalue weighted by Crippen LogP contribution is -1.82. The van der Waals surface area contributed by atoms with Crippen molar-refractivity contribution < 1.29 is 0 Å². The zero-order valence-electron chi connectivity index (χ0n) is 8.76. The van der Waals surface area contributed by atoms with E-state index in [4.69, 9.17) is 0 Å². The molecule has 1 aromatic rings. The van der Waals surface area contributed by atoms with Crippen LogP contribution in [0.15, 0.2) is 17.0 Å². The van der Waals surface area contributed by atoms with E-state index in [1.54, 1.807) is 4.88 Å². The van der Waals surface area contributed by atoms with Gasteiger partial charge < -0.3 is 0 Å². The van der Waals surface area contributed by atoms with Gasteiger partial charge in [-0.1, -0.05) is 25.0 Å². The van der Waals surface area contributed by atoms with E-state index in [0.717, 1.165) is 0 Å². The molecule has 0 fully saturated rings. The monoisotopic (exact) mass is 194 g/mol. The molecule has 1 heteroatoms. The molecule has 0 radical (unpaired) electrons. The molecule has 0 bridgehead atoms. The van der Waals surface area contributed by atoms with Crippen LogP contribution in [0.1, 0.15) is 44.1 Å². The van der Waals surface area contributed by atoms with Gasteiger partial charge in [-0.2, -0.15) is 0 Å². The number of allylic oxidation sites excluding steroid dienone is 1. The topological polar surface area (TPSA) is 0 Å². The predicted molar refractivity (Wildman–Crippen MR) is 62.3 cm³/mol. The number of thiophene rings is 1. The number of rotatable bonds is 4. The number of hydrogen-bond acceptors (Lipinski definition) is 1. The first-order chi connectivity index (χ1) is 6.24. The molecule has 1 rings (SSSR count). The molecule has 0 N–H and O–H groups in total. The Hall–Kier alpha value is -0.560. The second-order valence-corrected chi connectivity index (χ2v) is 4.63. The summed E-state index contributed by atoms with van der Waals surface area (Å²) in [5.74, 6) is 0. The van der Waals surface area contributed by atoms with E-state index >= 15 is 0 Å². The molecule has 0 aliphatic heterocycles. The van der Waals surface area contributed by atoms with Crippen molar-refractivity contribution in [3.8, 4) is 0 Å². The molecule has 0 amide bonds. The van der Waals surface area contributed by atoms with Crippen LogP contribution in [0.2, 0.25) is 0 Å². The van der Waals surface area contributed by atoms with E-state index in [2.05, 4.69) is 38.3 Å². The Morgan fingerprint density at radius 2 is 2.23 bits per heavy atom. The van der Waals surface area contributed by atoms with E-state index in [0.29, 0.717) is 0 Å². The smallest absolute Gasteiger partial charge is 0.0117 e. The van der Waals surface area contributed by atoms with E-state index in [1.807, 2.05) is 11.3 Å².